The summed E-state index contributed by atoms with van der Waals surface area (Å²) in [5.74, 6) is 0. The first-order chi connectivity index (χ1) is 11.9. The van der Waals surface area contributed by atoms with E-state index in [1.165, 1.54) is 16.2 Å². The average molecular weight is 333 g/mol. The zero-order chi connectivity index (χ0) is 16.6. The minimum Gasteiger partial charge on any atom is -0.316 e. The molecule has 0 saturated heterocycles. The quantitative estimate of drug-likeness (QED) is 0.646. The second-order valence-electron chi connectivity index (χ2n) is 5.96. The molecular formula is C22H24NP. The highest BCUT2D eigenvalue weighted by Crippen LogP contribution is 2.34. The fraction of sp³-hybridized carbons (Fsp3) is 0.182. The Bertz CT molecular complexity index is 673. The van der Waals surface area contributed by atoms with Crippen LogP contribution in [0, 0.1) is 0 Å². The first-order valence-electron chi connectivity index (χ1n) is 8.45. The molecule has 0 amide bonds. The zero-order valence-corrected chi connectivity index (χ0v) is 15.0. The zero-order valence-electron chi connectivity index (χ0n) is 14.1. The van der Waals surface area contributed by atoms with Crippen LogP contribution in [0.5, 0.6) is 0 Å². The standard InChI is InChI=1S/C22H24NP/c1-23-20(17-19-11-5-2-6-12-19)18-24(21-13-7-3-8-14-21)22-15-9-4-10-16-22/h2-16,20,23H,17-18H2,1H3/t20-/m0/s1. The summed E-state index contributed by atoms with van der Waals surface area (Å²) in [6.45, 7) is 0. The van der Waals surface area contributed by atoms with Crippen LogP contribution in [0.15, 0.2) is 91.0 Å². The molecule has 1 N–H and O–H groups in total. The van der Waals surface area contributed by atoms with Gasteiger partial charge in [0.25, 0.3) is 0 Å². The van der Waals surface area contributed by atoms with Crippen LogP contribution < -0.4 is 15.9 Å². The lowest BCUT2D eigenvalue weighted by molar-refractivity contribution is 0.615. The SMILES string of the molecule is CN[C@@H](Cc1ccccc1)CP(c1ccccc1)c1ccccc1. The van der Waals surface area contributed by atoms with Crippen LogP contribution in [0.2, 0.25) is 0 Å². The Morgan fingerprint density at radius 3 is 1.62 bits per heavy atom. The summed E-state index contributed by atoms with van der Waals surface area (Å²) in [7, 11) is 1.73. The summed E-state index contributed by atoms with van der Waals surface area (Å²) in [6, 6.07) is 33.1. The van der Waals surface area contributed by atoms with E-state index in [1.54, 1.807) is 0 Å². The highest BCUT2D eigenvalue weighted by atomic mass is 31.1. The summed E-state index contributed by atoms with van der Waals surface area (Å²) in [5, 5.41) is 6.44. The third-order valence-corrected chi connectivity index (χ3v) is 6.92. The predicted octanol–water partition coefficient (Wildman–Crippen LogP) is 3.95. The van der Waals surface area contributed by atoms with Crippen molar-refractivity contribution in [2.24, 2.45) is 0 Å². The lowest BCUT2D eigenvalue weighted by Gasteiger charge is -2.25. The van der Waals surface area contributed by atoms with Gasteiger partial charge in [0.15, 0.2) is 0 Å². The van der Waals surface area contributed by atoms with Gasteiger partial charge < -0.3 is 5.32 Å². The second-order valence-corrected chi connectivity index (χ2v) is 8.21. The molecule has 122 valence electrons. The van der Waals surface area contributed by atoms with Crippen molar-refractivity contribution >= 4 is 18.5 Å². The largest absolute Gasteiger partial charge is 0.316 e. The number of benzene rings is 3. The van der Waals surface area contributed by atoms with E-state index in [1.807, 2.05) is 0 Å². The van der Waals surface area contributed by atoms with Gasteiger partial charge in [0.1, 0.15) is 0 Å². The van der Waals surface area contributed by atoms with E-state index < -0.39 is 0 Å². The van der Waals surface area contributed by atoms with Gasteiger partial charge in [-0.2, -0.15) is 0 Å². The molecule has 0 aliphatic carbocycles. The molecule has 3 rings (SSSR count). The highest BCUT2D eigenvalue weighted by molar-refractivity contribution is 7.73. The Hall–Kier alpha value is -1.95. The molecule has 0 spiro atoms. The van der Waals surface area contributed by atoms with Crippen molar-refractivity contribution in [3.8, 4) is 0 Å². The minimum absolute atomic E-state index is 0.355. The lowest BCUT2D eigenvalue weighted by atomic mass is 10.1. The predicted molar refractivity (Wildman–Crippen MR) is 107 cm³/mol. The number of hydrogen-bond acceptors (Lipinski definition) is 1. The van der Waals surface area contributed by atoms with Crippen LogP contribution in [0.3, 0.4) is 0 Å². The van der Waals surface area contributed by atoms with Crippen LogP contribution in [-0.2, 0) is 6.42 Å². The van der Waals surface area contributed by atoms with Crippen molar-refractivity contribution < 1.29 is 0 Å². The summed E-state index contributed by atoms with van der Waals surface area (Å²) < 4.78 is 0. The van der Waals surface area contributed by atoms with Crippen LogP contribution in [0.1, 0.15) is 5.56 Å². The first-order valence-corrected chi connectivity index (χ1v) is 9.98. The maximum absolute atomic E-state index is 3.54. The molecule has 3 aromatic rings. The molecule has 0 aromatic heterocycles. The first kappa shape index (κ1) is 16.9. The van der Waals surface area contributed by atoms with Gasteiger partial charge in [0, 0.05) is 6.04 Å². The van der Waals surface area contributed by atoms with E-state index in [4.69, 9.17) is 0 Å². The minimum atomic E-state index is -0.355. The lowest BCUT2D eigenvalue weighted by Crippen LogP contribution is -2.33. The summed E-state index contributed by atoms with van der Waals surface area (Å²) >= 11 is 0. The number of likely N-dealkylation sites (N-methyl/N-ethyl adjacent to an activating group) is 1. The Kier molecular flexibility index (Phi) is 6.18. The van der Waals surface area contributed by atoms with Crippen LogP contribution in [0.25, 0.3) is 0 Å². The molecule has 0 aliphatic heterocycles. The molecule has 0 aliphatic rings. The maximum atomic E-state index is 3.54. The Labute approximate surface area is 146 Å². The van der Waals surface area contributed by atoms with Crippen molar-refractivity contribution in [1.29, 1.82) is 0 Å². The van der Waals surface area contributed by atoms with E-state index in [-0.39, 0.29) is 7.92 Å². The summed E-state index contributed by atoms with van der Waals surface area (Å²) in [5.41, 5.74) is 1.40. The Morgan fingerprint density at radius 1 is 0.708 bits per heavy atom. The summed E-state index contributed by atoms with van der Waals surface area (Å²) in [6.07, 6.45) is 2.21. The van der Waals surface area contributed by atoms with E-state index in [9.17, 15) is 0 Å². The van der Waals surface area contributed by atoms with Crippen LogP contribution >= 0.6 is 7.92 Å². The molecule has 0 unspecified atom stereocenters. The molecule has 0 radical (unpaired) electrons. The van der Waals surface area contributed by atoms with Crippen molar-refractivity contribution in [2.45, 2.75) is 12.5 Å². The highest BCUT2D eigenvalue weighted by Gasteiger charge is 2.18. The molecule has 2 heteroatoms. The van der Waals surface area contributed by atoms with Crippen molar-refractivity contribution in [2.75, 3.05) is 13.2 Å². The fourth-order valence-electron chi connectivity index (χ4n) is 2.95. The number of hydrogen-bond donors (Lipinski definition) is 1. The van der Waals surface area contributed by atoms with Gasteiger partial charge in [-0.1, -0.05) is 91.0 Å². The number of nitrogens with one attached hydrogen (secondary N) is 1. The molecule has 1 atom stereocenters. The van der Waals surface area contributed by atoms with Crippen molar-refractivity contribution in [3.05, 3.63) is 96.6 Å². The molecule has 24 heavy (non-hydrogen) atoms. The van der Waals surface area contributed by atoms with E-state index in [2.05, 4.69) is 103 Å². The molecule has 1 nitrogen and oxygen atoms in total. The van der Waals surface area contributed by atoms with Crippen molar-refractivity contribution in [3.63, 3.8) is 0 Å². The van der Waals surface area contributed by atoms with E-state index in [0.717, 1.165) is 12.6 Å². The molecule has 0 saturated carbocycles. The smallest absolute Gasteiger partial charge is 0.0150 e. The van der Waals surface area contributed by atoms with Gasteiger partial charge in [0.05, 0.1) is 0 Å². The van der Waals surface area contributed by atoms with Gasteiger partial charge in [-0.3, -0.25) is 0 Å². The topological polar surface area (TPSA) is 12.0 Å². The van der Waals surface area contributed by atoms with Crippen LogP contribution in [-0.4, -0.2) is 19.3 Å². The Balaban J connectivity index is 1.83. The average Bonchev–Trinajstić information content (AvgIpc) is 2.67. The van der Waals surface area contributed by atoms with Gasteiger partial charge in [0.2, 0.25) is 0 Å². The van der Waals surface area contributed by atoms with Crippen molar-refractivity contribution in [1.82, 2.24) is 5.32 Å². The molecule has 0 fully saturated rings. The molecule has 3 aromatic carbocycles. The molecule has 0 bridgehead atoms. The van der Waals surface area contributed by atoms with E-state index in [0.29, 0.717) is 6.04 Å². The monoisotopic (exact) mass is 333 g/mol. The van der Waals surface area contributed by atoms with E-state index >= 15 is 0 Å². The number of rotatable bonds is 7. The second kappa shape index (κ2) is 8.78. The molecular weight excluding hydrogens is 309 g/mol. The summed E-state index contributed by atoms with van der Waals surface area (Å²) in [4.78, 5) is 0. The Morgan fingerprint density at radius 2 is 1.17 bits per heavy atom. The van der Waals surface area contributed by atoms with Crippen LogP contribution in [0.4, 0.5) is 0 Å². The maximum Gasteiger partial charge on any atom is 0.0150 e. The third kappa shape index (κ3) is 4.54. The normalized spacial score (nSPS) is 12.2. The van der Waals surface area contributed by atoms with Gasteiger partial charge >= 0.3 is 0 Å². The van der Waals surface area contributed by atoms with Gasteiger partial charge in [-0.25, -0.2) is 0 Å². The fourth-order valence-corrected chi connectivity index (χ4v) is 5.49. The molecule has 0 heterocycles. The van der Waals surface area contributed by atoms with Gasteiger partial charge in [-0.05, 0) is 43.7 Å². The third-order valence-electron chi connectivity index (χ3n) is 4.27. The van der Waals surface area contributed by atoms with Gasteiger partial charge in [-0.15, -0.1) is 0 Å².